The summed E-state index contributed by atoms with van der Waals surface area (Å²) in [6.45, 7) is 2.71. The quantitative estimate of drug-likeness (QED) is 0.331. The molecule has 3 nitrogen and oxygen atoms in total. The van der Waals surface area contributed by atoms with Crippen LogP contribution in [0.4, 0.5) is 0 Å². The van der Waals surface area contributed by atoms with Gasteiger partial charge < -0.3 is 15.3 Å². The standard InChI is InChI=1S/C12H19BIN2OP/c1-16(2)7-3-6-15-9-10-8-11(18(13)14)4-5-12(10)17/h4-5,8,15,17H,3,6-7,9H2,1-2H3. The minimum atomic E-state index is -0.630. The first kappa shape index (κ1) is 16.2. The minimum Gasteiger partial charge on any atom is -0.508 e. The molecule has 1 atom stereocenters. The van der Waals surface area contributed by atoms with Gasteiger partial charge in [0.25, 0.3) is 0 Å². The van der Waals surface area contributed by atoms with E-state index in [1.165, 1.54) is 0 Å². The van der Waals surface area contributed by atoms with E-state index >= 15 is 0 Å². The molecule has 0 aliphatic heterocycles. The van der Waals surface area contributed by atoms with Gasteiger partial charge in [0.15, 0.2) is 0 Å². The molecule has 1 rings (SSSR count). The SMILES string of the molecule is [B]P(I)c1ccc(O)c(CNCCCN(C)C)c1. The fourth-order valence-corrected chi connectivity index (χ4v) is 2.99. The number of hydrogen-bond acceptors (Lipinski definition) is 3. The first-order chi connectivity index (χ1) is 8.50. The highest BCUT2D eigenvalue weighted by Gasteiger charge is 2.05. The average Bonchev–Trinajstić information content (AvgIpc) is 2.30. The molecule has 98 valence electrons. The Labute approximate surface area is 125 Å². The number of phenols is 1. The third-order valence-corrected chi connectivity index (χ3v) is 5.03. The number of nitrogens with one attached hydrogen (secondary N) is 1. The summed E-state index contributed by atoms with van der Waals surface area (Å²) in [6.07, 6.45) is 1.10. The summed E-state index contributed by atoms with van der Waals surface area (Å²) in [6, 6.07) is 5.61. The maximum Gasteiger partial charge on any atom is 0.129 e. The highest BCUT2D eigenvalue weighted by molar-refractivity contribution is 14.2. The molecule has 18 heavy (non-hydrogen) atoms. The van der Waals surface area contributed by atoms with Gasteiger partial charge in [-0.05, 0) is 51.0 Å². The predicted octanol–water partition coefficient (Wildman–Crippen LogP) is 1.97. The molecular weight excluding hydrogens is 357 g/mol. The van der Waals surface area contributed by atoms with Crippen molar-refractivity contribution in [2.45, 2.75) is 13.0 Å². The summed E-state index contributed by atoms with van der Waals surface area (Å²) >= 11 is 2.23. The van der Waals surface area contributed by atoms with E-state index in [0.29, 0.717) is 12.3 Å². The van der Waals surface area contributed by atoms with E-state index in [0.717, 1.165) is 30.4 Å². The van der Waals surface area contributed by atoms with Crippen molar-refractivity contribution >= 4 is 40.4 Å². The smallest absolute Gasteiger partial charge is 0.129 e. The number of phenolic OH excluding ortho intramolecular Hbond substituents is 1. The molecule has 2 radical (unpaired) electrons. The van der Waals surface area contributed by atoms with Crippen LogP contribution in [0.5, 0.6) is 5.75 Å². The number of hydrogen-bond donors (Lipinski definition) is 2. The Morgan fingerprint density at radius 3 is 2.78 bits per heavy atom. The third-order valence-electron chi connectivity index (χ3n) is 2.58. The first-order valence-electron chi connectivity index (χ1n) is 5.88. The van der Waals surface area contributed by atoms with Gasteiger partial charge in [0, 0.05) is 12.1 Å². The Morgan fingerprint density at radius 1 is 1.44 bits per heavy atom. The largest absolute Gasteiger partial charge is 0.508 e. The molecule has 0 bridgehead atoms. The molecule has 0 aliphatic rings. The van der Waals surface area contributed by atoms with E-state index in [-0.39, 0.29) is 0 Å². The van der Waals surface area contributed by atoms with Crippen molar-refractivity contribution in [3.63, 3.8) is 0 Å². The first-order valence-corrected chi connectivity index (χ1v) is 10.1. The van der Waals surface area contributed by atoms with Gasteiger partial charge in [-0.15, -0.1) is 0 Å². The van der Waals surface area contributed by atoms with E-state index in [4.69, 9.17) is 7.57 Å². The molecular formula is C12H19BIN2OP. The van der Waals surface area contributed by atoms with Crippen molar-refractivity contribution in [2.24, 2.45) is 0 Å². The number of benzene rings is 1. The van der Waals surface area contributed by atoms with E-state index in [2.05, 4.69) is 46.4 Å². The predicted molar refractivity (Wildman–Crippen MR) is 89.3 cm³/mol. The van der Waals surface area contributed by atoms with Gasteiger partial charge in [-0.25, -0.2) is 0 Å². The van der Waals surface area contributed by atoms with Gasteiger partial charge in [0.05, 0.1) is 0 Å². The third kappa shape index (κ3) is 5.87. The molecule has 0 aliphatic carbocycles. The zero-order valence-electron chi connectivity index (χ0n) is 10.9. The van der Waals surface area contributed by atoms with Crippen molar-refractivity contribution in [3.8, 4) is 5.75 Å². The van der Waals surface area contributed by atoms with Crippen LogP contribution in [0.1, 0.15) is 12.0 Å². The lowest BCUT2D eigenvalue weighted by Gasteiger charge is -2.12. The molecule has 2 N–H and O–H groups in total. The van der Waals surface area contributed by atoms with Crippen molar-refractivity contribution < 1.29 is 5.11 Å². The Kier molecular flexibility index (Phi) is 7.53. The second-order valence-electron chi connectivity index (χ2n) is 4.46. The lowest BCUT2D eigenvalue weighted by atomic mass is 10.2. The molecule has 0 saturated carbocycles. The van der Waals surface area contributed by atoms with E-state index in [9.17, 15) is 5.11 Å². The second kappa shape index (κ2) is 8.36. The fourth-order valence-electron chi connectivity index (χ4n) is 1.59. The van der Waals surface area contributed by atoms with Crippen LogP contribution in [-0.2, 0) is 6.54 Å². The van der Waals surface area contributed by atoms with Crippen molar-refractivity contribution in [2.75, 3.05) is 27.2 Å². The van der Waals surface area contributed by atoms with Crippen LogP contribution >= 0.6 is 27.5 Å². The van der Waals surface area contributed by atoms with Gasteiger partial charge in [-0.3, -0.25) is 0 Å². The van der Waals surface area contributed by atoms with E-state index in [1.807, 2.05) is 12.1 Å². The van der Waals surface area contributed by atoms with Gasteiger partial charge in [0.1, 0.15) is 13.3 Å². The highest BCUT2D eigenvalue weighted by atomic mass is 127. The minimum absolute atomic E-state index is 0.340. The Morgan fingerprint density at radius 2 is 2.17 bits per heavy atom. The molecule has 0 spiro atoms. The Hall–Kier alpha value is 0.165. The Balaban J connectivity index is 2.43. The van der Waals surface area contributed by atoms with Gasteiger partial charge in [0.2, 0.25) is 0 Å². The molecule has 0 aromatic heterocycles. The highest BCUT2D eigenvalue weighted by Crippen LogP contribution is 2.38. The second-order valence-corrected chi connectivity index (χ2v) is 8.72. The monoisotopic (exact) mass is 376 g/mol. The molecule has 0 heterocycles. The molecule has 0 saturated heterocycles. The molecule has 0 amide bonds. The average molecular weight is 376 g/mol. The van der Waals surface area contributed by atoms with Crippen molar-refractivity contribution in [1.29, 1.82) is 0 Å². The summed E-state index contributed by atoms with van der Waals surface area (Å²) in [7, 11) is 10.0. The van der Waals surface area contributed by atoms with Crippen LogP contribution in [0.2, 0.25) is 0 Å². The summed E-state index contributed by atoms with van der Waals surface area (Å²) < 4.78 is 0. The van der Waals surface area contributed by atoms with Gasteiger partial charge >= 0.3 is 0 Å². The summed E-state index contributed by atoms with van der Waals surface area (Å²) in [5.74, 6) is 0.340. The van der Waals surface area contributed by atoms with Crippen LogP contribution in [0.3, 0.4) is 0 Å². The number of halogens is 1. The summed E-state index contributed by atoms with van der Waals surface area (Å²) in [5.41, 5.74) is 0.293. The van der Waals surface area contributed by atoms with Crippen LogP contribution in [0, 0.1) is 0 Å². The van der Waals surface area contributed by atoms with Crippen molar-refractivity contribution in [3.05, 3.63) is 23.8 Å². The van der Waals surface area contributed by atoms with Crippen LogP contribution in [0.15, 0.2) is 18.2 Å². The number of nitrogens with zero attached hydrogens (tertiary/aromatic N) is 1. The number of aromatic hydroxyl groups is 1. The zero-order valence-corrected chi connectivity index (χ0v) is 13.9. The van der Waals surface area contributed by atoms with Crippen LogP contribution in [-0.4, -0.2) is 44.8 Å². The lowest BCUT2D eigenvalue weighted by molar-refractivity contribution is 0.393. The van der Waals surface area contributed by atoms with Crippen LogP contribution < -0.4 is 10.6 Å². The molecule has 0 fully saturated rings. The summed E-state index contributed by atoms with van der Waals surface area (Å²) in [5, 5.41) is 14.2. The molecule has 1 unspecified atom stereocenters. The normalized spacial score (nSPS) is 12.9. The molecule has 1 aromatic rings. The van der Waals surface area contributed by atoms with Crippen molar-refractivity contribution in [1.82, 2.24) is 10.2 Å². The fraction of sp³-hybridized carbons (Fsp3) is 0.500. The van der Waals surface area contributed by atoms with Gasteiger partial charge in [-0.2, -0.15) is 0 Å². The maximum absolute atomic E-state index is 9.78. The molecule has 6 heteroatoms. The number of rotatable bonds is 7. The zero-order chi connectivity index (χ0) is 13.5. The summed E-state index contributed by atoms with van der Waals surface area (Å²) in [4.78, 5) is 2.16. The maximum atomic E-state index is 9.78. The molecule has 1 aromatic carbocycles. The van der Waals surface area contributed by atoms with E-state index in [1.54, 1.807) is 6.07 Å². The van der Waals surface area contributed by atoms with Gasteiger partial charge in [-0.1, -0.05) is 33.5 Å². The van der Waals surface area contributed by atoms with Crippen LogP contribution in [0.25, 0.3) is 0 Å². The topological polar surface area (TPSA) is 35.5 Å². The van der Waals surface area contributed by atoms with E-state index < -0.39 is 5.44 Å². The lowest BCUT2D eigenvalue weighted by Crippen LogP contribution is -2.21. The Bertz CT molecular complexity index is 377.